The molecule has 0 heterocycles. The summed E-state index contributed by atoms with van der Waals surface area (Å²) in [6, 6.07) is 11.7. The van der Waals surface area contributed by atoms with E-state index in [0.717, 1.165) is 15.8 Å². The molecule has 0 aliphatic rings. The number of benzene rings is 2. The predicted octanol–water partition coefficient (Wildman–Crippen LogP) is 3.15. The van der Waals surface area contributed by atoms with Crippen molar-refractivity contribution in [1.29, 1.82) is 0 Å². The molecule has 5 heteroatoms. The molecular formula is C14H14BrFN2O. The van der Waals surface area contributed by atoms with Crippen molar-refractivity contribution in [2.75, 3.05) is 7.11 Å². The van der Waals surface area contributed by atoms with Crippen LogP contribution in [0.2, 0.25) is 0 Å². The van der Waals surface area contributed by atoms with Crippen molar-refractivity contribution >= 4 is 15.9 Å². The largest absolute Gasteiger partial charge is 0.497 e. The number of halogens is 2. The summed E-state index contributed by atoms with van der Waals surface area (Å²) in [7, 11) is 1.60. The molecule has 19 heavy (non-hydrogen) atoms. The Labute approximate surface area is 119 Å². The normalized spacial score (nSPS) is 12.2. The summed E-state index contributed by atoms with van der Waals surface area (Å²) < 4.78 is 19.8. The molecule has 0 aliphatic carbocycles. The predicted molar refractivity (Wildman–Crippen MR) is 76.3 cm³/mol. The molecule has 0 spiro atoms. The lowest BCUT2D eigenvalue weighted by Gasteiger charge is -2.18. The maximum atomic E-state index is 13.9. The number of hydrogen-bond donors (Lipinski definition) is 2. The third-order valence-electron chi connectivity index (χ3n) is 2.88. The van der Waals surface area contributed by atoms with Crippen LogP contribution in [0.5, 0.6) is 5.75 Å². The second-order valence-corrected chi connectivity index (χ2v) is 4.95. The van der Waals surface area contributed by atoms with Gasteiger partial charge in [0.1, 0.15) is 11.6 Å². The van der Waals surface area contributed by atoms with Crippen molar-refractivity contribution in [3.63, 3.8) is 0 Å². The first-order valence-corrected chi connectivity index (χ1v) is 6.50. The van der Waals surface area contributed by atoms with Crippen LogP contribution in [0.15, 0.2) is 46.9 Å². The van der Waals surface area contributed by atoms with Gasteiger partial charge >= 0.3 is 0 Å². The highest BCUT2D eigenvalue weighted by Crippen LogP contribution is 2.27. The van der Waals surface area contributed by atoms with Gasteiger partial charge in [-0.3, -0.25) is 5.84 Å². The van der Waals surface area contributed by atoms with Gasteiger partial charge in [0.05, 0.1) is 13.2 Å². The van der Waals surface area contributed by atoms with E-state index in [-0.39, 0.29) is 5.82 Å². The van der Waals surface area contributed by atoms with E-state index < -0.39 is 6.04 Å². The minimum Gasteiger partial charge on any atom is -0.497 e. The molecule has 0 saturated carbocycles. The minimum absolute atomic E-state index is 0.304. The highest BCUT2D eigenvalue weighted by molar-refractivity contribution is 9.10. The van der Waals surface area contributed by atoms with Gasteiger partial charge in [-0.2, -0.15) is 0 Å². The van der Waals surface area contributed by atoms with Crippen molar-refractivity contribution in [2.45, 2.75) is 6.04 Å². The fourth-order valence-electron chi connectivity index (χ4n) is 1.90. The van der Waals surface area contributed by atoms with Crippen molar-refractivity contribution < 1.29 is 9.13 Å². The third-order valence-corrected chi connectivity index (χ3v) is 3.38. The van der Waals surface area contributed by atoms with Crippen molar-refractivity contribution in [3.8, 4) is 5.75 Å². The molecule has 3 N–H and O–H groups in total. The molecule has 0 bridgehead atoms. The highest BCUT2D eigenvalue weighted by Gasteiger charge is 2.17. The van der Waals surface area contributed by atoms with Crippen LogP contribution in [-0.4, -0.2) is 7.11 Å². The first-order chi connectivity index (χ1) is 9.15. The van der Waals surface area contributed by atoms with E-state index in [1.807, 2.05) is 24.3 Å². The van der Waals surface area contributed by atoms with E-state index in [9.17, 15) is 4.39 Å². The number of rotatable bonds is 4. The second-order valence-electron chi connectivity index (χ2n) is 4.04. The monoisotopic (exact) mass is 324 g/mol. The summed E-state index contributed by atoms with van der Waals surface area (Å²) in [6.45, 7) is 0. The summed E-state index contributed by atoms with van der Waals surface area (Å²) in [4.78, 5) is 0. The van der Waals surface area contributed by atoms with E-state index in [4.69, 9.17) is 10.6 Å². The van der Waals surface area contributed by atoms with Gasteiger partial charge < -0.3 is 4.74 Å². The topological polar surface area (TPSA) is 47.3 Å². The van der Waals surface area contributed by atoms with Crippen LogP contribution in [0, 0.1) is 5.82 Å². The molecule has 3 nitrogen and oxygen atoms in total. The summed E-state index contributed by atoms with van der Waals surface area (Å²) in [5.74, 6) is 6.00. The van der Waals surface area contributed by atoms with Crippen LogP contribution in [0.4, 0.5) is 4.39 Å². The molecule has 1 unspecified atom stereocenters. The van der Waals surface area contributed by atoms with Gasteiger partial charge in [0.25, 0.3) is 0 Å². The van der Waals surface area contributed by atoms with Gasteiger partial charge in [-0.15, -0.1) is 0 Å². The van der Waals surface area contributed by atoms with Crippen LogP contribution in [0.25, 0.3) is 0 Å². The zero-order chi connectivity index (χ0) is 13.8. The van der Waals surface area contributed by atoms with Gasteiger partial charge in [0, 0.05) is 10.0 Å². The van der Waals surface area contributed by atoms with Gasteiger partial charge in [0.2, 0.25) is 0 Å². The van der Waals surface area contributed by atoms with Gasteiger partial charge in [-0.1, -0.05) is 28.1 Å². The van der Waals surface area contributed by atoms with E-state index in [1.165, 1.54) is 6.07 Å². The summed E-state index contributed by atoms with van der Waals surface area (Å²) in [5, 5.41) is 0. The van der Waals surface area contributed by atoms with E-state index >= 15 is 0 Å². The number of ether oxygens (including phenoxy) is 1. The third kappa shape index (κ3) is 3.12. The Bertz CT molecular complexity index is 560. The SMILES string of the molecule is COc1ccc(C(NN)c2cc(Br)ccc2F)cc1. The van der Waals surface area contributed by atoms with E-state index in [1.54, 1.807) is 19.2 Å². The first-order valence-electron chi connectivity index (χ1n) is 5.70. The molecule has 0 aromatic heterocycles. The van der Waals surface area contributed by atoms with E-state index in [2.05, 4.69) is 21.4 Å². The van der Waals surface area contributed by atoms with Crippen molar-refractivity contribution in [1.82, 2.24) is 5.43 Å². The summed E-state index contributed by atoms with van der Waals surface area (Å²) in [6.07, 6.45) is 0. The first kappa shape index (κ1) is 14.0. The Balaban J connectivity index is 2.40. The quantitative estimate of drug-likeness (QED) is 0.671. The van der Waals surface area contributed by atoms with Crippen LogP contribution in [-0.2, 0) is 0 Å². The highest BCUT2D eigenvalue weighted by atomic mass is 79.9. The average Bonchev–Trinajstić information content (AvgIpc) is 2.44. The average molecular weight is 325 g/mol. The summed E-state index contributed by atoms with van der Waals surface area (Å²) >= 11 is 3.33. The second kappa shape index (κ2) is 6.14. The lowest BCUT2D eigenvalue weighted by Crippen LogP contribution is -2.29. The maximum Gasteiger partial charge on any atom is 0.128 e. The number of nitrogens with two attached hydrogens (primary N) is 1. The number of hydrazine groups is 1. The summed E-state index contributed by atoms with van der Waals surface area (Å²) in [5.41, 5.74) is 3.99. The molecule has 0 amide bonds. The molecule has 0 saturated heterocycles. The zero-order valence-electron chi connectivity index (χ0n) is 10.4. The standard InChI is InChI=1S/C14H14BrFN2O/c1-19-11-5-2-9(3-6-11)14(18-17)12-8-10(15)4-7-13(12)16/h2-8,14,18H,17H2,1H3. The van der Waals surface area contributed by atoms with Crippen LogP contribution in [0.3, 0.4) is 0 Å². The number of hydrogen-bond acceptors (Lipinski definition) is 3. The lowest BCUT2D eigenvalue weighted by atomic mass is 9.99. The Morgan fingerprint density at radius 3 is 2.47 bits per heavy atom. The molecule has 2 aromatic carbocycles. The molecule has 100 valence electrons. The molecule has 0 fully saturated rings. The van der Waals surface area contributed by atoms with Gasteiger partial charge in [-0.05, 0) is 35.9 Å². The molecular weight excluding hydrogens is 311 g/mol. The van der Waals surface area contributed by atoms with Gasteiger partial charge in [0.15, 0.2) is 0 Å². The van der Waals surface area contributed by atoms with E-state index in [0.29, 0.717) is 5.56 Å². The zero-order valence-corrected chi connectivity index (χ0v) is 11.9. The minimum atomic E-state index is -0.414. The van der Waals surface area contributed by atoms with Crippen LogP contribution < -0.4 is 16.0 Å². The molecule has 2 aromatic rings. The fourth-order valence-corrected chi connectivity index (χ4v) is 2.28. The Kier molecular flexibility index (Phi) is 4.52. The number of nitrogens with one attached hydrogen (secondary N) is 1. The smallest absolute Gasteiger partial charge is 0.128 e. The lowest BCUT2D eigenvalue weighted by molar-refractivity contribution is 0.414. The molecule has 0 radical (unpaired) electrons. The Morgan fingerprint density at radius 2 is 1.89 bits per heavy atom. The van der Waals surface area contributed by atoms with Gasteiger partial charge in [-0.25, -0.2) is 9.82 Å². The Morgan fingerprint density at radius 1 is 1.21 bits per heavy atom. The fraction of sp³-hybridized carbons (Fsp3) is 0.143. The van der Waals surface area contributed by atoms with Crippen LogP contribution in [0.1, 0.15) is 17.2 Å². The van der Waals surface area contributed by atoms with Crippen molar-refractivity contribution in [2.24, 2.45) is 5.84 Å². The molecule has 1 atom stereocenters. The van der Waals surface area contributed by atoms with Crippen molar-refractivity contribution in [3.05, 3.63) is 63.9 Å². The Hall–Kier alpha value is -1.43. The molecule has 0 aliphatic heterocycles. The maximum absolute atomic E-state index is 13.9. The molecule has 2 rings (SSSR count). The van der Waals surface area contributed by atoms with Crippen LogP contribution >= 0.6 is 15.9 Å². The number of methoxy groups -OCH3 is 1.